The lowest BCUT2D eigenvalue weighted by Gasteiger charge is -2.09. The molecule has 3 N–H and O–H groups in total. The van der Waals surface area contributed by atoms with Crippen LogP contribution in [0.3, 0.4) is 0 Å². The lowest BCUT2D eigenvalue weighted by atomic mass is 10.2. The van der Waals surface area contributed by atoms with E-state index in [1.165, 1.54) is 0 Å². The quantitative estimate of drug-likeness (QED) is 0.508. The molecule has 21 heavy (non-hydrogen) atoms. The Morgan fingerprint density at radius 1 is 0.905 bits per heavy atom. The first-order valence-corrected chi connectivity index (χ1v) is 7.77. The summed E-state index contributed by atoms with van der Waals surface area (Å²) in [4.78, 5) is 12.8. The van der Waals surface area contributed by atoms with Crippen molar-refractivity contribution in [1.82, 2.24) is 15.0 Å². The largest absolute Gasteiger partial charge is 0.464 e. The zero-order valence-electron chi connectivity index (χ0n) is 13.1. The molecule has 0 aliphatic rings. The van der Waals surface area contributed by atoms with Crippen molar-refractivity contribution in [1.29, 1.82) is 0 Å². The van der Waals surface area contributed by atoms with Crippen LogP contribution in [0.4, 0.5) is 11.9 Å². The van der Waals surface area contributed by atoms with Crippen LogP contribution < -0.4 is 15.4 Å². The molecule has 0 amide bonds. The van der Waals surface area contributed by atoms with E-state index < -0.39 is 0 Å². The van der Waals surface area contributed by atoms with Gasteiger partial charge in [-0.05, 0) is 26.2 Å². The Kier molecular flexibility index (Phi) is 9.19. The topological polar surface area (TPSA) is 92.2 Å². The van der Waals surface area contributed by atoms with Gasteiger partial charge >= 0.3 is 6.01 Å². The summed E-state index contributed by atoms with van der Waals surface area (Å²) in [6.45, 7) is 6.40. The van der Waals surface area contributed by atoms with E-state index in [1.54, 1.807) is 0 Å². The third-order valence-corrected chi connectivity index (χ3v) is 2.79. The van der Waals surface area contributed by atoms with Gasteiger partial charge < -0.3 is 20.5 Å². The molecule has 120 valence electrons. The highest BCUT2D eigenvalue weighted by Gasteiger charge is 2.06. The summed E-state index contributed by atoms with van der Waals surface area (Å²) in [6.07, 6.45) is 5.02. The van der Waals surface area contributed by atoms with Crippen LogP contribution >= 0.6 is 0 Å². The van der Waals surface area contributed by atoms with Gasteiger partial charge in [0.25, 0.3) is 0 Å². The molecule has 0 saturated heterocycles. The van der Waals surface area contributed by atoms with Crippen molar-refractivity contribution in [2.75, 3.05) is 36.9 Å². The highest BCUT2D eigenvalue weighted by Crippen LogP contribution is 2.11. The number of rotatable bonds is 12. The molecular formula is C14H27N5O2. The Balaban J connectivity index is 2.48. The van der Waals surface area contributed by atoms with Crippen molar-refractivity contribution >= 4 is 11.9 Å². The van der Waals surface area contributed by atoms with Crippen molar-refractivity contribution in [3.8, 4) is 6.01 Å². The minimum absolute atomic E-state index is 0.269. The van der Waals surface area contributed by atoms with E-state index >= 15 is 0 Å². The summed E-state index contributed by atoms with van der Waals surface area (Å²) in [7, 11) is 0. The molecule has 0 radical (unpaired) electrons. The molecule has 0 atom stereocenters. The fourth-order valence-electron chi connectivity index (χ4n) is 1.74. The molecule has 0 aliphatic carbocycles. The number of aliphatic hydroxyl groups is 1. The number of aromatic nitrogens is 3. The van der Waals surface area contributed by atoms with Crippen LogP contribution in [0.1, 0.15) is 46.0 Å². The van der Waals surface area contributed by atoms with E-state index in [2.05, 4.69) is 32.5 Å². The highest BCUT2D eigenvalue weighted by molar-refractivity contribution is 5.35. The fraction of sp³-hybridized carbons (Fsp3) is 0.786. The summed E-state index contributed by atoms with van der Waals surface area (Å²) in [5, 5.41) is 15.1. The Labute approximate surface area is 126 Å². The van der Waals surface area contributed by atoms with E-state index in [1.807, 2.05) is 6.92 Å². The number of aliphatic hydroxyl groups excluding tert-OH is 1. The summed E-state index contributed by atoms with van der Waals surface area (Å²) in [5.74, 6) is 1.08. The van der Waals surface area contributed by atoms with Gasteiger partial charge in [-0.1, -0.05) is 19.8 Å². The second-order valence-corrected chi connectivity index (χ2v) is 4.69. The average Bonchev–Trinajstić information content (AvgIpc) is 2.49. The van der Waals surface area contributed by atoms with Crippen LogP contribution in [0.25, 0.3) is 0 Å². The highest BCUT2D eigenvalue weighted by atomic mass is 16.5. The smallest absolute Gasteiger partial charge is 0.323 e. The maximum absolute atomic E-state index is 8.72. The number of unbranched alkanes of at least 4 members (excludes halogenated alkanes) is 3. The molecule has 0 spiro atoms. The predicted octanol–water partition coefficient (Wildman–Crippen LogP) is 2.06. The maximum Gasteiger partial charge on any atom is 0.323 e. The van der Waals surface area contributed by atoms with Gasteiger partial charge in [0.05, 0.1) is 6.61 Å². The third kappa shape index (κ3) is 7.65. The SMILES string of the molecule is CCCNc1nc(NCCCCCCO)nc(OCC)n1. The van der Waals surface area contributed by atoms with Crippen LogP contribution in [0, 0.1) is 0 Å². The van der Waals surface area contributed by atoms with Crippen molar-refractivity contribution in [3.63, 3.8) is 0 Å². The van der Waals surface area contributed by atoms with Crippen LogP contribution in [0.5, 0.6) is 6.01 Å². The van der Waals surface area contributed by atoms with Gasteiger partial charge in [0.15, 0.2) is 0 Å². The van der Waals surface area contributed by atoms with Crippen molar-refractivity contribution < 1.29 is 9.84 Å². The number of anilines is 2. The minimum Gasteiger partial charge on any atom is -0.464 e. The van der Waals surface area contributed by atoms with Crippen LogP contribution in [0.15, 0.2) is 0 Å². The first-order valence-electron chi connectivity index (χ1n) is 7.77. The summed E-state index contributed by atoms with van der Waals surface area (Å²) >= 11 is 0. The molecule has 1 aromatic heterocycles. The first-order chi connectivity index (χ1) is 10.3. The Bertz CT molecular complexity index is 390. The van der Waals surface area contributed by atoms with Gasteiger partial charge in [0.1, 0.15) is 0 Å². The number of ether oxygens (including phenoxy) is 1. The Hall–Kier alpha value is -1.63. The average molecular weight is 297 g/mol. The molecule has 1 heterocycles. The number of nitrogens with one attached hydrogen (secondary N) is 2. The maximum atomic E-state index is 8.72. The van der Waals surface area contributed by atoms with Gasteiger partial charge in [0.2, 0.25) is 11.9 Å². The third-order valence-electron chi connectivity index (χ3n) is 2.79. The molecule has 0 aliphatic heterocycles. The van der Waals surface area contributed by atoms with Gasteiger partial charge in [-0.2, -0.15) is 15.0 Å². The van der Waals surface area contributed by atoms with Crippen LogP contribution in [-0.4, -0.2) is 46.4 Å². The van der Waals surface area contributed by atoms with Crippen molar-refractivity contribution in [3.05, 3.63) is 0 Å². The lowest BCUT2D eigenvalue weighted by Crippen LogP contribution is -2.12. The second-order valence-electron chi connectivity index (χ2n) is 4.69. The van der Waals surface area contributed by atoms with E-state index in [9.17, 15) is 0 Å². The van der Waals surface area contributed by atoms with Crippen molar-refractivity contribution in [2.24, 2.45) is 0 Å². The molecule has 0 saturated carbocycles. The van der Waals surface area contributed by atoms with Crippen molar-refractivity contribution in [2.45, 2.75) is 46.0 Å². The van der Waals surface area contributed by atoms with Crippen LogP contribution in [0.2, 0.25) is 0 Å². The Morgan fingerprint density at radius 2 is 1.57 bits per heavy atom. The normalized spacial score (nSPS) is 10.4. The predicted molar refractivity (Wildman–Crippen MR) is 83.8 cm³/mol. The van der Waals surface area contributed by atoms with Gasteiger partial charge in [-0.3, -0.25) is 0 Å². The first kappa shape index (κ1) is 17.4. The Morgan fingerprint density at radius 3 is 2.19 bits per heavy atom. The number of hydrogen-bond donors (Lipinski definition) is 3. The van der Waals surface area contributed by atoms with E-state index in [4.69, 9.17) is 9.84 Å². The molecular weight excluding hydrogens is 270 g/mol. The molecule has 0 aromatic carbocycles. The number of nitrogens with zero attached hydrogens (tertiary/aromatic N) is 3. The summed E-state index contributed by atoms with van der Waals surface area (Å²) in [6, 6.07) is 0.342. The van der Waals surface area contributed by atoms with E-state index in [0.717, 1.165) is 45.2 Å². The molecule has 7 heteroatoms. The van der Waals surface area contributed by atoms with Crippen LogP contribution in [-0.2, 0) is 0 Å². The lowest BCUT2D eigenvalue weighted by molar-refractivity contribution is 0.283. The minimum atomic E-state index is 0.269. The van der Waals surface area contributed by atoms with Gasteiger partial charge in [0, 0.05) is 19.7 Å². The molecule has 1 aromatic rings. The van der Waals surface area contributed by atoms with E-state index in [0.29, 0.717) is 24.5 Å². The van der Waals surface area contributed by atoms with E-state index in [-0.39, 0.29) is 6.61 Å². The molecule has 0 bridgehead atoms. The fourth-order valence-corrected chi connectivity index (χ4v) is 1.74. The molecule has 1 rings (SSSR count). The molecule has 0 fully saturated rings. The summed E-state index contributed by atoms with van der Waals surface area (Å²) < 4.78 is 5.36. The zero-order chi connectivity index (χ0) is 15.3. The second kappa shape index (κ2) is 11.1. The monoisotopic (exact) mass is 297 g/mol. The molecule has 0 unspecified atom stereocenters. The van der Waals surface area contributed by atoms with Gasteiger partial charge in [-0.25, -0.2) is 0 Å². The zero-order valence-corrected chi connectivity index (χ0v) is 13.1. The number of hydrogen-bond acceptors (Lipinski definition) is 7. The summed E-state index contributed by atoms with van der Waals surface area (Å²) in [5.41, 5.74) is 0. The molecule has 7 nitrogen and oxygen atoms in total. The standard InChI is InChI=1S/C14H27N5O2/c1-3-9-15-12-17-13(19-14(18-12)21-4-2)16-10-7-5-6-8-11-20/h20H,3-11H2,1-2H3,(H2,15,16,17,18,19). The van der Waals surface area contributed by atoms with Gasteiger partial charge in [-0.15, -0.1) is 0 Å².